The van der Waals surface area contributed by atoms with Crippen molar-refractivity contribution >= 4 is 35.3 Å². The van der Waals surface area contributed by atoms with Crippen LogP contribution in [0.1, 0.15) is 73.6 Å². The predicted octanol–water partition coefficient (Wildman–Crippen LogP) is 3.66. The number of alkyl carbamates (subject to hydrolysis) is 1. The Morgan fingerprint density at radius 2 is 1.70 bits per heavy atom. The molecule has 3 N–H and O–H groups in total. The van der Waals surface area contributed by atoms with Crippen molar-refractivity contribution in [2.75, 3.05) is 11.9 Å². The van der Waals surface area contributed by atoms with E-state index >= 15 is 0 Å². The number of ether oxygens (including phenoxy) is 1. The van der Waals surface area contributed by atoms with Gasteiger partial charge in [-0.05, 0) is 62.5 Å². The second-order valence-electron chi connectivity index (χ2n) is 12.2. The molecule has 2 aliphatic rings. The van der Waals surface area contributed by atoms with E-state index in [1.54, 1.807) is 49.1 Å². The molecule has 0 spiro atoms. The van der Waals surface area contributed by atoms with Crippen LogP contribution in [0.2, 0.25) is 0 Å². The molecule has 1 aliphatic heterocycles. The summed E-state index contributed by atoms with van der Waals surface area (Å²) in [5.41, 5.74) is -0.164. The Morgan fingerprint density at radius 3 is 2.30 bits per heavy atom. The fraction of sp³-hybridized carbons (Fsp3) is 0.633. The molecular formula is C30H44N4O6. The zero-order chi connectivity index (χ0) is 29.6. The highest BCUT2D eigenvalue weighted by Gasteiger charge is 2.52. The standard InChI is InChI=1S/C30H44N4O6/c1-7-12-22(24(35)27(37)31-20-14-9-8-10-15-20)32-26(36)23-21-16-11-13-19(21)17-34(23)28(38)25(30(4,5)6)33-29(39)40-18(2)3/h8-10,14-15,18-19,21-23,25H,7,11-13,16-17H2,1-6H3,(H,31,37)(H,32,36)(H,33,39)/t19-,21-,22?,23-,25+/m0/s1. The van der Waals surface area contributed by atoms with E-state index in [0.29, 0.717) is 18.7 Å². The van der Waals surface area contributed by atoms with Gasteiger partial charge < -0.3 is 25.6 Å². The van der Waals surface area contributed by atoms with Gasteiger partial charge in [0.2, 0.25) is 17.6 Å². The lowest BCUT2D eigenvalue weighted by Gasteiger charge is -2.36. The van der Waals surface area contributed by atoms with Crippen LogP contribution in [0.25, 0.3) is 0 Å². The Kier molecular flexibility index (Phi) is 10.3. The predicted molar refractivity (Wildman–Crippen MR) is 151 cm³/mol. The molecule has 40 heavy (non-hydrogen) atoms. The first-order valence-corrected chi connectivity index (χ1v) is 14.3. The van der Waals surface area contributed by atoms with E-state index in [0.717, 1.165) is 19.3 Å². The first-order valence-electron chi connectivity index (χ1n) is 14.3. The van der Waals surface area contributed by atoms with Crippen molar-refractivity contribution in [3.05, 3.63) is 30.3 Å². The third-order valence-electron chi connectivity index (χ3n) is 7.63. The van der Waals surface area contributed by atoms with Gasteiger partial charge >= 0.3 is 6.09 Å². The van der Waals surface area contributed by atoms with Gasteiger partial charge in [-0.3, -0.25) is 19.2 Å². The number of carbonyl (C=O) groups is 5. The molecule has 4 amide bonds. The van der Waals surface area contributed by atoms with E-state index in [2.05, 4.69) is 16.0 Å². The number of ketones is 1. The number of amides is 4. The Hall–Kier alpha value is -3.43. The maximum atomic E-state index is 14.0. The first-order chi connectivity index (χ1) is 18.8. The summed E-state index contributed by atoms with van der Waals surface area (Å²) in [7, 11) is 0. The van der Waals surface area contributed by atoms with E-state index in [9.17, 15) is 24.0 Å². The van der Waals surface area contributed by atoms with Gasteiger partial charge in [0.05, 0.1) is 12.1 Å². The van der Waals surface area contributed by atoms with E-state index in [-0.39, 0.29) is 30.3 Å². The molecule has 1 aromatic rings. The number of Topliss-reactive ketones (excluding diaryl/α,β-unsaturated/α-hetero) is 1. The molecule has 1 heterocycles. The maximum Gasteiger partial charge on any atom is 0.408 e. The van der Waals surface area contributed by atoms with Crippen molar-refractivity contribution in [3.63, 3.8) is 0 Å². The van der Waals surface area contributed by atoms with Gasteiger partial charge in [0.1, 0.15) is 12.1 Å². The van der Waals surface area contributed by atoms with Gasteiger partial charge in [-0.15, -0.1) is 0 Å². The minimum Gasteiger partial charge on any atom is -0.447 e. The summed E-state index contributed by atoms with van der Waals surface area (Å²) in [4.78, 5) is 67.7. The first kappa shape index (κ1) is 31.1. The number of fused-ring (bicyclic) bond motifs is 1. The molecule has 0 bridgehead atoms. The van der Waals surface area contributed by atoms with Crippen molar-refractivity contribution in [3.8, 4) is 0 Å². The molecule has 3 rings (SSSR count). The van der Waals surface area contributed by atoms with E-state index < -0.39 is 47.2 Å². The van der Waals surface area contributed by atoms with E-state index in [1.807, 2.05) is 27.7 Å². The number of benzene rings is 1. The minimum atomic E-state index is -1.02. The lowest BCUT2D eigenvalue weighted by atomic mass is 9.85. The van der Waals surface area contributed by atoms with Gasteiger partial charge in [0.25, 0.3) is 5.91 Å². The molecule has 5 atom stereocenters. The lowest BCUT2D eigenvalue weighted by Crippen LogP contribution is -2.60. The van der Waals surface area contributed by atoms with E-state index in [4.69, 9.17) is 4.74 Å². The molecule has 220 valence electrons. The highest BCUT2D eigenvalue weighted by molar-refractivity contribution is 6.42. The van der Waals surface area contributed by atoms with Crippen molar-refractivity contribution in [1.29, 1.82) is 0 Å². The summed E-state index contributed by atoms with van der Waals surface area (Å²) < 4.78 is 5.23. The van der Waals surface area contributed by atoms with Crippen LogP contribution >= 0.6 is 0 Å². The normalized spacial score (nSPS) is 21.8. The number of para-hydroxylation sites is 1. The summed E-state index contributed by atoms with van der Waals surface area (Å²) >= 11 is 0. The summed E-state index contributed by atoms with van der Waals surface area (Å²) in [6.07, 6.45) is 2.46. The second kappa shape index (κ2) is 13.3. The van der Waals surface area contributed by atoms with Crippen LogP contribution in [0, 0.1) is 17.3 Å². The van der Waals surface area contributed by atoms with Crippen molar-refractivity contribution < 1.29 is 28.7 Å². The minimum absolute atomic E-state index is 0.0530. The molecule has 0 aromatic heterocycles. The van der Waals surface area contributed by atoms with E-state index in [1.165, 1.54) is 0 Å². The molecule has 1 aromatic carbocycles. The molecule has 2 fully saturated rings. The smallest absolute Gasteiger partial charge is 0.408 e. The summed E-state index contributed by atoms with van der Waals surface area (Å²) in [6.45, 7) is 11.3. The van der Waals surface area contributed by atoms with Gasteiger partial charge in [0.15, 0.2) is 0 Å². The number of rotatable bonds is 10. The van der Waals surface area contributed by atoms with Crippen LogP contribution in [0.4, 0.5) is 10.5 Å². The zero-order valence-electron chi connectivity index (χ0n) is 24.5. The number of hydrogen-bond donors (Lipinski definition) is 3. The van der Waals surface area contributed by atoms with Gasteiger partial charge in [-0.1, -0.05) is 58.7 Å². The highest BCUT2D eigenvalue weighted by atomic mass is 16.6. The molecule has 1 unspecified atom stereocenters. The van der Waals surface area contributed by atoms with Crippen molar-refractivity contribution in [1.82, 2.24) is 15.5 Å². The molecule has 10 nitrogen and oxygen atoms in total. The van der Waals surface area contributed by atoms with Crippen LogP contribution < -0.4 is 16.0 Å². The Bertz CT molecular complexity index is 1080. The number of hydrogen-bond acceptors (Lipinski definition) is 6. The summed E-state index contributed by atoms with van der Waals surface area (Å²) in [5, 5.41) is 8.12. The fourth-order valence-corrected chi connectivity index (χ4v) is 5.74. The molecule has 1 aliphatic carbocycles. The monoisotopic (exact) mass is 556 g/mol. The third kappa shape index (κ3) is 7.61. The summed E-state index contributed by atoms with van der Waals surface area (Å²) in [6, 6.07) is 5.92. The molecule has 10 heteroatoms. The topological polar surface area (TPSA) is 134 Å². The van der Waals surface area contributed by atoms with Crippen LogP contribution in [0.3, 0.4) is 0 Å². The van der Waals surface area contributed by atoms with Crippen LogP contribution in [0.5, 0.6) is 0 Å². The third-order valence-corrected chi connectivity index (χ3v) is 7.63. The number of nitrogens with one attached hydrogen (secondary N) is 3. The Labute approximate surface area is 237 Å². The highest BCUT2D eigenvalue weighted by Crippen LogP contribution is 2.43. The summed E-state index contributed by atoms with van der Waals surface area (Å²) in [5.74, 6) is -2.23. The van der Waals surface area contributed by atoms with Crippen molar-refractivity contribution in [2.24, 2.45) is 17.3 Å². The molecule has 1 saturated heterocycles. The number of likely N-dealkylation sites (tertiary alicyclic amines) is 1. The average Bonchev–Trinajstić information content (AvgIpc) is 3.47. The fourth-order valence-electron chi connectivity index (χ4n) is 5.74. The van der Waals surface area contributed by atoms with Crippen LogP contribution in [-0.4, -0.2) is 65.3 Å². The van der Waals surface area contributed by atoms with Crippen LogP contribution in [-0.2, 0) is 23.9 Å². The quantitative estimate of drug-likeness (QED) is 0.377. The number of carbonyl (C=O) groups excluding carboxylic acids is 5. The Balaban J connectivity index is 1.81. The largest absolute Gasteiger partial charge is 0.447 e. The van der Waals surface area contributed by atoms with Crippen molar-refractivity contribution in [2.45, 2.75) is 97.9 Å². The van der Waals surface area contributed by atoms with Crippen LogP contribution in [0.15, 0.2) is 30.3 Å². The Morgan fingerprint density at radius 1 is 1.02 bits per heavy atom. The SMILES string of the molecule is CCCC(NC(=O)[C@@H]1[C@H]2CCC[C@H]2CN1C(=O)[C@@H](NC(=O)OC(C)C)C(C)(C)C)C(=O)C(=O)Nc1ccccc1. The molecule has 0 radical (unpaired) electrons. The molecule has 1 saturated carbocycles. The lowest BCUT2D eigenvalue weighted by molar-refractivity contribution is -0.144. The number of nitrogens with zero attached hydrogens (tertiary/aromatic N) is 1. The number of anilines is 1. The maximum absolute atomic E-state index is 14.0. The average molecular weight is 557 g/mol. The van der Waals surface area contributed by atoms with Gasteiger partial charge in [0, 0.05) is 12.2 Å². The van der Waals surface area contributed by atoms with Gasteiger partial charge in [-0.25, -0.2) is 4.79 Å². The second-order valence-corrected chi connectivity index (χ2v) is 12.2. The van der Waals surface area contributed by atoms with Gasteiger partial charge in [-0.2, -0.15) is 0 Å². The molecular weight excluding hydrogens is 512 g/mol. The zero-order valence-corrected chi connectivity index (χ0v) is 24.5.